The number of hydrogen-bond donors (Lipinski definition) is 1. The highest BCUT2D eigenvalue weighted by Crippen LogP contribution is 2.28. The molecule has 0 aliphatic heterocycles. The minimum absolute atomic E-state index is 0.0439. The lowest BCUT2D eigenvalue weighted by Gasteiger charge is -2.11. The second-order valence-electron chi connectivity index (χ2n) is 4.99. The number of aromatic nitrogens is 2. The number of aliphatic carboxylic acids is 1. The topological polar surface area (TPSA) is 55.1 Å². The van der Waals surface area contributed by atoms with Crippen LogP contribution < -0.4 is 0 Å². The predicted octanol–water partition coefficient (Wildman–Crippen LogP) is 2.64. The molecule has 0 aliphatic rings. The maximum atomic E-state index is 10.8. The Hall–Kier alpha value is -2.10. The summed E-state index contributed by atoms with van der Waals surface area (Å²) < 4.78 is 1.75. The number of hydrogen-bond acceptors (Lipinski definition) is 2. The van der Waals surface area contributed by atoms with E-state index in [1.165, 1.54) is 16.7 Å². The van der Waals surface area contributed by atoms with Gasteiger partial charge in [-0.3, -0.25) is 9.48 Å². The summed E-state index contributed by atoms with van der Waals surface area (Å²) in [5.41, 5.74) is 6.28. The predicted molar refractivity (Wildman–Crippen MR) is 74.2 cm³/mol. The molecular formula is C15H18N2O2. The van der Waals surface area contributed by atoms with Crippen molar-refractivity contribution in [3.63, 3.8) is 0 Å². The van der Waals surface area contributed by atoms with E-state index in [0.29, 0.717) is 5.69 Å². The molecular weight excluding hydrogens is 240 g/mol. The van der Waals surface area contributed by atoms with Crippen molar-refractivity contribution >= 4 is 5.97 Å². The number of carboxylic acids is 1. The van der Waals surface area contributed by atoms with Crippen LogP contribution in [0.15, 0.2) is 18.2 Å². The summed E-state index contributed by atoms with van der Waals surface area (Å²) in [7, 11) is 1.85. The standard InChI is InChI=1S/C15H18N2O2/c1-9-5-10(2)15(11(3)6-9)13-7-12(8-14(18)19)16-17(13)4/h5-7H,8H2,1-4H3,(H,18,19). The highest BCUT2D eigenvalue weighted by Gasteiger charge is 2.14. The van der Waals surface area contributed by atoms with Gasteiger partial charge in [-0.1, -0.05) is 17.7 Å². The molecule has 2 rings (SSSR count). The highest BCUT2D eigenvalue weighted by atomic mass is 16.4. The first-order valence-corrected chi connectivity index (χ1v) is 6.21. The summed E-state index contributed by atoms with van der Waals surface area (Å²) in [5, 5.41) is 13.1. The number of carboxylic acid groups (broad SMARTS) is 1. The summed E-state index contributed by atoms with van der Waals surface area (Å²) in [5.74, 6) is -0.859. The molecule has 4 heteroatoms. The zero-order chi connectivity index (χ0) is 14.2. The third-order valence-electron chi connectivity index (χ3n) is 3.20. The molecule has 100 valence electrons. The number of aryl methyl sites for hydroxylation is 4. The molecule has 0 spiro atoms. The molecule has 0 unspecified atom stereocenters. The van der Waals surface area contributed by atoms with Gasteiger partial charge in [0.05, 0.1) is 17.8 Å². The van der Waals surface area contributed by atoms with E-state index in [4.69, 9.17) is 5.11 Å². The van der Waals surface area contributed by atoms with Gasteiger partial charge in [0.15, 0.2) is 0 Å². The van der Waals surface area contributed by atoms with Crippen LogP contribution in [-0.2, 0) is 18.3 Å². The Bertz CT molecular complexity index is 619. The van der Waals surface area contributed by atoms with Crippen molar-refractivity contribution in [2.24, 2.45) is 7.05 Å². The van der Waals surface area contributed by atoms with Gasteiger partial charge in [-0.25, -0.2) is 0 Å². The van der Waals surface area contributed by atoms with Crippen molar-refractivity contribution in [2.45, 2.75) is 27.2 Å². The largest absolute Gasteiger partial charge is 0.481 e. The molecule has 0 atom stereocenters. The minimum Gasteiger partial charge on any atom is -0.481 e. The molecule has 0 radical (unpaired) electrons. The van der Waals surface area contributed by atoms with Crippen molar-refractivity contribution in [3.05, 3.63) is 40.6 Å². The minimum atomic E-state index is -0.859. The molecule has 1 heterocycles. The summed E-state index contributed by atoms with van der Waals surface area (Å²) in [6.07, 6.45) is -0.0439. The Morgan fingerprint density at radius 2 is 1.79 bits per heavy atom. The average molecular weight is 258 g/mol. The van der Waals surface area contributed by atoms with Crippen LogP contribution in [0.2, 0.25) is 0 Å². The molecule has 1 aromatic carbocycles. The van der Waals surface area contributed by atoms with Gasteiger partial charge < -0.3 is 5.11 Å². The van der Waals surface area contributed by atoms with Crippen LogP contribution in [0, 0.1) is 20.8 Å². The molecule has 2 aromatic rings. The van der Waals surface area contributed by atoms with Crippen LogP contribution in [0.25, 0.3) is 11.3 Å². The first-order chi connectivity index (χ1) is 8.88. The number of nitrogens with zero attached hydrogens (tertiary/aromatic N) is 2. The maximum absolute atomic E-state index is 10.8. The number of carbonyl (C=O) groups is 1. The van der Waals surface area contributed by atoms with E-state index in [1.54, 1.807) is 4.68 Å². The lowest BCUT2D eigenvalue weighted by Crippen LogP contribution is -2.01. The van der Waals surface area contributed by atoms with Gasteiger partial charge >= 0.3 is 5.97 Å². The van der Waals surface area contributed by atoms with Crippen molar-refractivity contribution in [2.75, 3.05) is 0 Å². The molecule has 0 bridgehead atoms. The van der Waals surface area contributed by atoms with Crippen LogP contribution >= 0.6 is 0 Å². The lowest BCUT2D eigenvalue weighted by molar-refractivity contribution is -0.136. The van der Waals surface area contributed by atoms with Gasteiger partial charge in [-0.15, -0.1) is 0 Å². The van der Waals surface area contributed by atoms with E-state index in [1.807, 2.05) is 13.1 Å². The Morgan fingerprint density at radius 1 is 1.21 bits per heavy atom. The molecule has 0 saturated carbocycles. The zero-order valence-electron chi connectivity index (χ0n) is 11.7. The molecule has 4 nitrogen and oxygen atoms in total. The normalized spacial score (nSPS) is 10.7. The first-order valence-electron chi connectivity index (χ1n) is 6.21. The van der Waals surface area contributed by atoms with Gasteiger partial charge in [0, 0.05) is 12.6 Å². The summed E-state index contributed by atoms with van der Waals surface area (Å²) in [4.78, 5) is 10.8. The third-order valence-corrected chi connectivity index (χ3v) is 3.20. The van der Waals surface area contributed by atoms with E-state index in [2.05, 4.69) is 38.0 Å². The van der Waals surface area contributed by atoms with Gasteiger partial charge in [0.1, 0.15) is 0 Å². The second kappa shape index (κ2) is 4.88. The highest BCUT2D eigenvalue weighted by molar-refractivity contribution is 5.72. The second-order valence-corrected chi connectivity index (χ2v) is 4.99. The summed E-state index contributed by atoms with van der Waals surface area (Å²) >= 11 is 0. The van der Waals surface area contributed by atoms with Crippen LogP contribution in [0.1, 0.15) is 22.4 Å². The lowest BCUT2D eigenvalue weighted by atomic mass is 9.97. The SMILES string of the molecule is Cc1cc(C)c(-c2cc(CC(=O)O)nn2C)c(C)c1. The molecule has 0 aliphatic carbocycles. The van der Waals surface area contributed by atoms with Gasteiger partial charge in [-0.2, -0.15) is 5.10 Å². The van der Waals surface area contributed by atoms with Gasteiger partial charge in [-0.05, 0) is 38.0 Å². The van der Waals surface area contributed by atoms with Crippen molar-refractivity contribution < 1.29 is 9.90 Å². The van der Waals surface area contributed by atoms with Crippen LogP contribution in [0.4, 0.5) is 0 Å². The average Bonchev–Trinajstić information content (AvgIpc) is 2.57. The summed E-state index contributed by atoms with van der Waals surface area (Å²) in [6, 6.07) is 6.12. The van der Waals surface area contributed by atoms with E-state index >= 15 is 0 Å². The zero-order valence-corrected chi connectivity index (χ0v) is 11.7. The summed E-state index contributed by atoms with van der Waals surface area (Å²) in [6.45, 7) is 6.21. The number of benzene rings is 1. The smallest absolute Gasteiger partial charge is 0.309 e. The van der Waals surface area contributed by atoms with Crippen LogP contribution in [0.3, 0.4) is 0 Å². The Morgan fingerprint density at radius 3 is 2.32 bits per heavy atom. The van der Waals surface area contributed by atoms with E-state index in [-0.39, 0.29) is 6.42 Å². The molecule has 0 saturated heterocycles. The molecule has 1 N–H and O–H groups in total. The fourth-order valence-corrected chi connectivity index (χ4v) is 2.59. The Kier molecular flexibility index (Phi) is 3.42. The monoisotopic (exact) mass is 258 g/mol. The van der Waals surface area contributed by atoms with Crippen molar-refractivity contribution in [1.82, 2.24) is 9.78 Å². The van der Waals surface area contributed by atoms with E-state index in [9.17, 15) is 4.79 Å². The fraction of sp³-hybridized carbons (Fsp3) is 0.333. The first kappa shape index (κ1) is 13.3. The number of rotatable bonds is 3. The van der Waals surface area contributed by atoms with Gasteiger partial charge in [0.25, 0.3) is 0 Å². The Balaban J connectivity index is 2.53. The van der Waals surface area contributed by atoms with Crippen LogP contribution in [0.5, 0.6) is 0 Å². The van der Waals surface area contributed by atoms with Crippen molar-refractivity contribution in [3.8, 4) is 11.3 Å². The Labute approximate surface area is 112 Å². The molecule has 1 aromatic heterocycles. The maximum Gasteiger partial charge on any atom is 0.309 e. The van der Waals surface area contributed by atoms with E-state index < -0.39 is 5.97 Å². The van der Waals surface area contributed by atoms with Crippen LogP contribution in [-0.4, -0.2) is 20.9 Å². The van der Waals surface area contributed by atoms with Gasteiger partial charge in [0.2, 0.25) is 0 Å². The molecule has 0 fully saturated rings. The molecule has 0 amide bonds. The molecule has 19 heavy (non-hydrogen) atoms. The quantitative estimate of drug-likeness (QED) is 0.920. The van der Waals surface area contributed by atoms with E-state index in [0.717, 1.165) is 11.3 Å². The third kappa shape index (κ3) is 2.67. The fourth-order valence-electron chi connectivity index (χ4n) is 2.59. The van der Waals surface area contributed by atoms with Crippen molar-refractivity contribution in [1.29, 1.82) is 0 Å².